The zero-order chi connectivity index (χ0) is 12.3. The highest BCUT2D eigenvalue weighted by Gasteiger charge is 2.13. The van der Waals surface area contributed by atoms with Crippen LogP contribution in [0.25, 0.3) is 0 Å². The van der Waals surface area contributed by atoms with Crippen LogP contribution in [0, 0.1) is 12.8 Å². The van der Waals surface area contributed by atoms with Gasteiger partial charge in [0, 0.05) is 13.6 Å². The van der Waals surface area contributed by atoms with Crippen LogP contribution in [-0.4, -0.2) is 18.6 Å². The molecule has 0 amide bonds. The lowest BCUT2D eigenvalue weighted by atomic mass is 10.1. The van der Waals surface area contributed by atoms with E-state index in [0.29, 0.717) is 5.92 Å². The van der Waals surface area contributed by atoms with Gasteiger partial charge in [0.1, 0.15) is 5.82 Å². The molecule has 3 nitrogen and oxygen atoms in total. The zero-order valence-corrected chi connectivity index (χ0v) is 12.0. The summed E-state index contributed by atoms with van der Waals surface area (Å²) in [4.78, 5) is 6.55. The Kier molecular flexibility index (Phi) is 4.59. The number of nitrogens with two attached hydrogens (primary N) is 1. The second kappa shape index (κ2) is 5.53. The van der Waals surface area contributed by atoms with E-state index in [0.717, 1.165) is 28.1 Å². The zero-order valence-electron chi connectivity index (χ0n) is 10.4. The van der Waals surface area contributed by atoms with E-state index in [1.165, 1.54) is 6.42 Å². The molecule has 16 heavy (non-hydrogen) atoms. The first kappa shape index (κ1) is 13.3. The molecule has 0 spiro atoms. The topological polar surface area (TPSA) is 42.2 Å². The Bertz CT molecular complexity index is 366. The highest BCUT2D eigenvalue weighted by atomic mass is 79.9. The lowest BCUT2D eigenvalue weighted by Gasteiger charge is -2.23. The molecular weight excluding hydrogens is 266 g/mol. The van der Waals surface area contributed by atoms with Crippen molar-refractivity contribution in [3.63, 3.8) is 0 Å². The average Bonchev–Trinajstić information content (AvgIpc) is 2.25. The first-order valence-electron chi connectivity index (χ1n) is 5.59. The summed E-state index contributed by atoms with van der Waals surface area (Å²) < 4.78 is 0.998. The summed E-state index contributed by atoms with van der Waals surface area (Å²) in [6.45, 7) is 7.46. The Morgan fingerprint density at radius 2 is 2.19 bits per heavy atom. The number of rotatable bonds is 4. The Labute approximate surface area is 106 Å². The molecule has 0 saturated carbocycles. The maximum atomic E-state index is 5.81. The third-order valence-corrected chi connectivity index (χ3v) is 3.88. The van der Waals surface area contributed by atoms with Crippen LogP contribution in [0.3, 0.4) is 0 Å². The number of aromatic nitrogens is 1. The molecule has 1 aromatic heterocycles. The summed E-state index contributed by atoms with van der Waals surface area (Å²) in [5.74, 6) is 1.63. The largest absolute Gasteiger partial charge is 0.397 e. The van der Waals surface area contributed by atoms with E-state index >= 15 is 0 Å². The summed E-state index contributed by atoms with van der Waals surface area (Å²) in [5, 5.41) is 0. The van der Waals surface area contributed by atoms with E-state index in [9.17, 15) is 0 Å². The van der Waals surface area contributed by atoms with Gasteiger partial charge in [-0.3, -0.25) is 0 Å². The maximum Gasteiger partial charge on any atom is 0.143 e. The molecule has 1 rings (SSSR count). The van der Waals surface area contributed by atoms with Gasteiger partial charge >= 0.3 is 0 Å². The molecule has 0 aromatic carbocycles. The molecule has 0 fully saturated rings. The highest BCUT2D eigenvalue weighted by molar-refractivity contribution is 9.10. The molecule has 0 aliphatic carbocycles. The average molecular weight is 286 g/mol. The fraction of sp³-hybridized carbons (Fsp3) is 0.583. The Balaban J connectivity index is 2.92. The molecule has 1 heterocycles. The van der Waals surface area contributed by atoms with Crippen molar-refractivity contribution in [1.29, 1.82) is 0 Å². The SMILES string of the molecule is CCC(C)CN(C)c1ncc(N)c(C)c1Br. The number of nitrogen functional groups attached to an aromatic ring is 1. The Morgan fingerprint density at radius 1 is 1.56 bits per heavy atom. The van der Waals surface area contributed by atoms with E-state index < -0.39 is 0 Å². The monoisotopic (exact) mass is 285 g/mol. The maximum absolute atomic E-state index is 5.81. The molecule has 0 bridgehead atoms. The molecular formula is C12H20BrN3. The van der Waals surface area contributed by atoms with Crippen LogP contribution >= 0.6 is 15.9 Å². The Morgan fingerprint density at radius 3 is 2.75 bits per heavy atom. The minimum Gasteiger partial charge on any atom is -0.397 e. The van der Waals surface area contributed by atoms with Gasteiger partial charge in [-0.1, -0.05) is 20.3 Å². The second-order valence-electron chi connectivity index (χ2n) is 4.37. The standard InChI is InChI=1S/C12H20BrN3/c1-5-8(2)7-16(4)12-11(13)9(3)10(14)6-15-12/h6,8H,5,7,14H2,1-4H3. The molecule has 1 atom stereocenters. The smallest absolute Gasteiger partial charge is 0.143 e. The van der Waals surface area contributed by atoms with Crippen LogP contribution in [0.4, 0.5) is 11.5 Å². The van der Waals surface area contributed by atoms with Gasteiger partial charge in [0.25, 0.3) is 0 Å². The minimum atomic E-state index is 0.663. The van der Waals surface area contributed by atoms with Crippen LogP contribution in [0.1, 0.15) is 25.8 Å². The van der Waals surface area contributed by atoms with Crippen molar-refractivity contribution in [3.8, 4) is 0 Å². The fourth-order valence-electron chi connectivity index (χ4n) is 1.53. The van der Waals surface area contributed by atoms with Gasteiger partial charge in [-0.15, -0.1) is 0 Å². The summed E-state index contributed by atoms with van der Waals surface area (Å²) in [6.07, 6.45) is 2.90. The molecule has 90 valence electrons. The number of anilines is 2. The number of hydrogen-bond donors (Lipinski definition) is 1. The van der Waals surface area contributed by atoms with Crippen LogP contribution in [0.15, 0.2) is 10.7 Å². The molecule has 0 aliphatic rings. The number of halogens is 1. The van der Waals surface area contributed by atoms with Crippen LogP contribution in [-0.2, 0) is 0 Å². The summed E-state index contributed by atoms with van der Waals surface area (Å²) >= 11 is 3.56. The van der Waals surface area contributed by atoms with E-state index in [4.69, 9.17) is 5.73 Å². The van der Waals surface area contributed by atoms with Crippen LogP contribution in [0.5, 0.6) is 0 Å². The molecule has 0 saturated heterocycles. The quantitative estimate of drug-likeness (QED) is 0.924. The van der Waals surface area contributed by atoms with Gasteiger partial charge in [-0.2, -0.15) is 0 Å². The van der Waals surface area contributed by atoms with E-state index in [1.54, 1.807) is 6.20 Å². The predicted octanol–water partition coefficient (Wildman–Crippen LogP) is 3.22. The van der Waals surface area contributed by atoms with Crippen molar-refractivity contribution in [2.45, 2.75) is 27.2 Å². The minimum absolute atomic E-state index is 0.663. The van der Waals surface area contributed by atoms with Crippen molar-refractivity contribution in [2.75, 3.05) is 24.2 Å². The van der Waals surface area contributed by atoms with Crippen molar-refractivity contribution in [1.82, 2.24) is 4.98 Å². The molecule has 4 heteroatoms. The second-order valence-corrected chi connectivity index (χ2v) is 5.16. The van der Waals surface area contributed by atoms with E-state index in [2.05, 4.69) is 46.7 Å². The van der Waals surface area contributed by atoms with Gasteiger partial charge in [0.2, 0.25) is 0 Å². The number of nitrogens with zero attached hydrogens (tertiary/aromatic N) is 2. The van der Waals surface area contributed by atoms with Gasteiger partial charge in [-0.25, -0.2) is 4.98 Å². The van der Waals surface area contributed by atoms with Crippen LogP contribution in [0.2, 0.25) is 0 Å². The predicted molar refractivity (Wildman–Crippen MR) is 73.8 cm³/mol. The first-order valence-corrected chi connectivity index (χ1v) is 6.38. The van der Waals surface area contributed by atoms with Crippen molar-refractivity contribution >= 4 is 27.4 Å². The van der Waals surface area contributed by atoms with Gasteiger partial charge < -0.3 is 10.6 Å². The number of pyridine rings is 1. The molecule has 1 aromatic rings. The lowest BCUT2D eigenvalue weighted by Crippen LogP contribution is -2.25. The van der Waals surface area contributed by atoms with Gasteiger partial charge in [0.15, 0.2) is 0 Å². The number of hydrogen-bond acceptors (Lipinski definition) is 3. The van der Waals surface area contributed by atoms with Gasteiger partial charge in [-0.05, 0) is 34.3 Å². The lowest BCUT2D eigenvalue weighted by molar-refractivity contribution is 0.557. The molecule has 2 N–H and O–H groups in total. The third-order valence-electron chi connectivity index (χ3n) is 2.93. The Hall–Kier alpha value is -0.770. The highest BCUT2D eigenvalue weighted by Crippen LogP contribution is 2.30. The van der Waals surface area contributed by atoms with Crippen LogP contribution < -0.4 is 10.6 Å². The molecule has 0 aliphatic heterocycles. The summed E-state index contributed by atoms with van der Waals surface area (Å²) in [6, 6.07) is 0. The fourth-order valence-corrected chi connectivity index (χ4v) is 2.16. The van der Waals surface area contributed by atoms with E-state index in [1.807, 2.05) is 6.92 Å². The van der Waals surface area contributed by atoms with E-state index in [-0.39, 0.29) is 0 Å². The van der Waals surface area contributed by atoms with Crippen molar-refractivity contribution in [3.05, 3.63) is 16.2 Å². The molecule has 1 unspecified atom stereocenters. The third kappa shape index (κ3) is 2.88. The first-order chi connectivity index (χ1) is 7.47. The summed E-state index contributed by atoms with van der Waals surface area (Å²) in [5.41, 5.74) is 7.59. The van der Waals surface area contributed by atoms with Gasteiger partial charge in [0.05, 0.1) is 16.4 Å². The molecule has 0 radical (unpaired) electrons. The van der Waals surface area contributed by atoms with Crippen molar-refractivity contribution < 1.29 is 0 Å². The summed E-state index contributed by atoms with van der Waals surface area (Å²) in [7, 11) is 2.06. The van der Waals surface area contributed by atoms with Crippen molar-refractivity contribution in [2.24, 2.45) is 5.92 Å². The normalized spacial score (nSPS) is 12.6.